The van der Waals surface area contributed by atoms with Crippen molar-refractivity contribution in [2.75, 3.05) is 6.61 Å². The van der Waals surface area contributed by atoms with Crippen LogP contribution >= 0.6 is 11.6 Å². The number of aliphatic hydroxyl groups is 1. The van der Waals surface area contributed by atoms with E-state index >= 15 is 0 Å². The summed E-state index contributed by atoms with van der Waals surface area (Å²) in [6.45, 7) is 2.10. The average molecular weight is 211 g/mol. The molecular formula is C10H11ClN2O. The van der Waals surface area contributed by atoms with Gasteiger partial charge in [0.05, 0.1) is 12.1 Å². The molecule has 0 radical (unpaired) electrons. The number of rotatable bonds is 2. The molecule has 0 saturated carbocycles. The molecule has 2 rings (SSSR count). The van der Waals surface area contributed by atoms with Gasteiger partial charge in [0, 0.05) is 12.6 Å². The third kappa shape index (κ3) is 1.49. The van der Waals surface area contributed by atoms with E-state index in [2.05, 4.69) is 4.98 Å². The van der Waals surface area contributed by atoms with Crippen LogP contribution in [0.5, 0.6) is 0 Å². The summed E-state index contributed by atoms with van der Waals surface area (Å²) in [5.74, 6) is 0.799. The van der Waals surface area contributed by atoms with Crippen molar-refractivity contribution < 1.29 is 5.11 Å². The predicted molar refractivity (Wildman–Crippen MR) is 55.7 cm³/mol. The molecule has 4 heteroatoms. The third-order valence-electron chi connectivity index (χ3n) is 2.16. The van der Waals surface area contributed by atoms with Crippen molar-refractivity contribution in [3.05, 3.63) is 34.9 Å². The number of nitrogens with zero attached hydrogens (tertiary/aromatic N) is 2. The second-order valence-electron chi connectivity index (χ2n) is 3.25. The van der Waals surface area contributed by atoms with Crippen molar-refractivity contribution in [2.24, 2.45) is 0 Å². The van der Waals surface area contributed by atoms with Crippen LogP contribution < -0.4 is 0 Å². The summed E-state index contributed by atoms with van der Waals surface area (Å²) in [6.07, 6.45) is 2.45. The van der Waals surface area contributed by atoms with Crippen LogP contribution in [0.4, 0.5) is 0 Å². The third-order valence-corrected chi connectivity index (χ3v) is 2.44. The number of pyridine rings is 1. The number of aliphatic hydroxyl groups excluding tert-OH is 1. The van der Waals surface area contributed by atoms with Gasteiger partial charge in [0.2, 0.25) is 0 Å². The highest BCUT2D eigenvalue weighted by molar-refractivity contribution is 6.32. The summed E-state index contributed by atoms with van der Waals surface area (Å²) in [5.41, 5.74) is 2.05. The van der Waals surface area contributed by atoms with Crippen LogP contribution in [0, 0.1) is 6.92 Å². The standard InChI is InChI=1S/C10H11ClN2O/c1-7-2-4-13-8(6-7)10(11)12-9(13)3-5-14/h2,4,6,14H,3,5H2,1H3. The van der Waals surface area contributed by atoms with E-state index in [1.807, 2.05) is 29.7 Å². The molecule has 0 spiro atoms. The summed E-state index contributed by atoms with van der Waals surface area (Å²) in [5, 5.41) is 9.34. The Labute approximate surface area is 87.0 Å². The molecule has 0 aliphatic heterocycles. The molecule has 2 heterocycles. The highest BCUT2D eigenvalue weighted by atomic mass is 35.5. The molecule has 0 aromatic carbocycles. The average Bonchev–Trinajstić information content (AvgIpc) is 2.44. The number of aromatic nitrogens is 2. The molecule has 0 unspecified atom stereocenters. The Morgan fingerprint density at radius 1 is 1.57 bits per heavy atom. The van der Waals surface area contributed by atoms with E-state index in [-0.39, 0.29) is 6.61 Å². The van der Waals surface area contributed by atoms with E-state index in [9.17, 15) is 0 Å². The topological polar surface area (TPSA) is 37.5 Å². The fraction of sp³-hybridized carbons (Fsp3) is 0.300. The van der Waals surface area contributed by atoms with E-state index in [1.54, 1.807) is 0 Å². The quantitative estimate of drug-likeness (QED) is 0.821. The van der Waals surface area contributed by atoms with E-state index in [0.29, 0.717) is 11.6 Å². The van der Waals surface area contributed by atoms with Crippen molar-refractivity contribution in [1.82, 2.24) is 9.38 Å². The maximum Gasteiger partial charge on any atom is 0.155 e. The van der Waals surface area contributed by atoms with Gasteiger partial charge in [-0.05, 0) is 24.6 Å². The first kappa shape index (κ1) is 9.49. The Morgan fingerprint density at radius 2 is 2.36 bits per heavy atom. The number of fused-ring (bicyclic) bond motifs is 1. The zero-order valence-electron chi connectivity index (χ0n) is 7.87. The van der Waals surface area contributed by atoms with E-state index in [0.717, 1.165) is 16.9 Å². The fourth-order valence-electron chi connectivity index (χ4n) is 1.49. The lowest BCUT2D eigenvalue weighted by atomic mass is 10.3. The van der Waals surface area contributed by atoms with Crippen LogP contribution in [0.25, 0.3) is 5.52 Å². The van der Waals surface area contributed by atoms with Gasteiger partial charge in [-0.3, -0.25) is 0 Å². The fourth-order valence-corrected chi connectivity index (χ4v) is 1.73. The lowest BCUT2D eigenvalue weighted by Crippen LogP contribution is -1.97. The van der Waals surface area contributed by atoms with Crippen molar-refractivity contribution >= 4 is 17.1 Å². The molecule has 0 bridgehead atoms. The van der Waals surface area contributed by atoms with Crippen LogP contribution in [-0.2, 0) is 6.42 Å². The highest BCUT2D eigenvalue weighted by Crippen LogP contribution is 2.19. The first-order valence-electron chi connectivity index (χ1n) is 4.46. The van der Waals surface area contributed by atoms with Crippen molar-refractivity contribution in [2.45, 2.75) is 13.3 Å². The zero-order chi connectivity index (χ0) is 10.1. The molecule has 0 fully saturated rings. The van der Waals surface area contributed by atoms with Crippen LogP contribution in [-0.4, -0.2) is 21.1 Å². The number of hydrogen-bond donors (Lipinski definition) is 1. The second-order valence-corrected chi connectivity index (χ2v) is 3.61. The van der Waals surface area contributed by atoms with Crippen molar-refractivity contribution in [3.63, 3.8) is 0 Å². The number of imidazole rings is 1. The van der Waals surface area contributed by atoms with Gasteiger partial charge in [-0.25, -0.2) is 4.98 Å². The van der Waals surface area contributed by atoms with Crippen LogP contribution in [0.2, 0.25) is 5.15 Å². The van der Waals surface area contributed by atoms with Crippen LogP contribution in [0.3, 0.4) is 0 Å². The summed E-state index contributed by atoms with van der Waals surface area (Å²) >= 11 is 5.97. The summed E-state index contributed by atoms with van der Waals surface area (Å²) < 4.78 is 1.91. The Balaban J connectivity index is 2.65. The van der Waals surface area contributed by atoms with Gasteiger partial charge in [0.15, 0.2) is 5.15 Å². The summed E-state index contributed by atoms with van der Waals surface area (Å²) in [4.78, 5) is 4.19. The number of hydrogen-bond acceptors (Lipinski definition) is 2. The molecule has 74 valence electrons. The highest BCUT2D eigenvalue weighted by Gasteiger charge is 2.08. The Morgan fingerprint density at radius 3 is 3.07 bits per heavy atom. The van der Waals surface area contributed by atoms with Gasteiger partial charge in [0.25, 0.3) is 0 Å². The molecule has 2 aromatic heterocycles. The van der Waals surface area contributed by atoms with Gasteiger partial charge in [-0.2, -0.15) is 0 Å². The van der Waals surface area contributed by atoms with Gasteiger partial charge < -0.3 is 9.51 Å². The number of aryl methyl sites for hydroxylation is 1. The Hall–Kier alpha value is -1.06. The monoisotopic (exact) mass is 210 g/mol. The zero-order valence-corrected chi connectivity index (χ0v) is 8.62. The Kier molecular flexibility index (Phi) is 2.44. The minimum absolute atomic E-state index is 0.0866. The van der Waals surface area contributed by atoms with E-state index in [1.165, 1.54) is 0 Å². The van der Waals surface area contributed by atoms with E-state index in [4.69, 9.17) is 16.7 Å². The molecule has 3 nitrogen and oxygen atoms in total. The van der Waals surface area contributed by atoms with Crippen molar-refractivity contribution in [3.8, 4) is 0 Å². The van der Waals surface area contributed by atoms with Gasteiger partial charge in [-0.1, -0.05) is 11.6 Å². The minimum atomic E-state index is 0.0866. The normalized spacial score (nSPS) is 11.1. The molecule has 0 aliphatic carbocycles. The molecule has 0 amide bonds. The molecule has 0 aliphatic rings. The molecule has 1 N–H and O–H groups in total. The predicted octanol–water partition coefficient (Wildman–Crippen LogP) is 1.83. The smallest absolute Gasteiger partial charge is 0.155 e. The molecule has 0 saturated heterocycles. The SMILES string of the molecule is Cc1ccn2c(CCO)nc(Cl)c2c1. The molecular weight excluding hydrogens is 200 g/mol. The van der Waals surface area contributed by atoms with Crippen LogP contribution in [0.15, 0.2) is 18.3 Å². The largest absolute Gasteiger partial charge is 0.396 e. The molecule has 2 aromatic rings. The van der Waals surface area contributed by atoms with Crippen molar-refractivity contribution in [1.29, 1.82) is 0 Å². The first-order valence-corrected chi connectivity index (χ1v) is 4.84. The van der Waals surface area contributed by atoms with Crippen LogP contribution in [0.1, 0.15) is 11.4 Å². The maximum absolute atomic E-state index is 8.85. The Bertz CT molecular complexity index is 464. The minimum Gasteiger partial charge on any atom is -0.396 e. The first-order chi connectivity index (χ1) is 6.72. The lowest BCUT2D eigenvalue weighted by Gasteiger charge is -1.99. The second kappa shape index (κ2) is 3.59. The van der Waals surface area contributed by atoms with Gasteiger partial charge in [-0.15, -0.1) is 0 Å². The van der Waals surface area contributed by atoms with Gasteiger partial charge in [0.1, 0.15) is 5.82 Å². The summed E-state index contributed by atoms with van der Waals surface area (Å²) in [6, 6.07) is 3.97. The lowest BCUT2D eigenvalue weighted by molar-refractivity contribution is 0.296. The maximum atomic E-state index is 8.85. The number of halogens is 1. The molecule has 0 atom stereocenters. The van der Waals surface area contributed by atoms with Gasteiger partial charge >= 0.3 is 0 Å². The molecule has 14 heavy (non-hydrogen) atoms. The van der Waals surface area contributed by atoms with E-state index < -0.39 is 0 Å². The summed E-state index contributed by atoms with van der Waals surface area (Å²) in [7, 11) is 0.